The molecular weight excluding hydrogens is 380 g/mol. The first-order valence-electron chi connectivity index (χ1n) is 9.82. The van der Waals surface area contributed by atoms with E-state index in [1.54, 1.807) is 24.1 Å². The Morgan fingerprint density at radius 1 is 1.20 bits per heavy atom. The molecule has 0 bridgehead atoms. The molecule has 2 aromatic carbocycles. The second-order valence-corrected chi connectivity index (χ2v) is 6.94. The highest BCUT2D eigenvalue weighted by atomic mass is 16.5. The van der Waals surface area contributed by atoms with Gasteiger partial charge in [-0.3, -0.25) is 4.79 Å². The minimum Gasteiger partial charge on any atom is -0.493 e. The lowest BCUT2D eigenvalue weighted by molar-refractivity contribution is -0.111. The van der Waals surface area contributed by atoms with E-state index < -0.39 is 0 Å². The summed E-state index contributed by atoms with van der Waals surface area (Å²) in [5.41, 5.74) is 3.36. The third-order valence-corrected chi connectivity index (χ3v) is 4.44. The number of nitrogens with zero attached hydrogens (tertiary/aromatic N) is 3. The van der Waals surface area contributed by atoms with Crippen LogP contribution in [0, 0.1) is 0 Å². The lowest BCUT2D eigenvalue weighted by atomic mass is 10.1. The molecule has 1 amide bonds. The molecule has 3 rings (SSSR count). The van der Waals surface area contributed by atoms with E-state index in [4.69, 9.17) is 9.47 Å². The summed E-state index contributed by atoms with van der Waals surface area (Å²) < 4.78 is 12.6. The first-order valence-corrected chi connectivity index (χ1v) is 9.82. The van der Waals surface area contributed by atoms with Crippen LogP contribution in [0.4, 0.5) is 5.69 Å². The maximum Gasteiger partial charge on any atom is 0.248 e. The van der Waals surface area contributed by atoms with Crippen LogP contribution < -0.4 is 14.8 Å². The number of ether oxygens (including phenoxy) is 2. The van der Waals surface area contributed by atoms with Crippen LogP contribution >= 0.6 is 0 Å². The normalized spacial score (nSPS) is 11.1. The summed E-state index contributed by atoms with van der Waals surface area (Å²) in [6.45, 7) is 6.64. The van der Waals surface area contributed by atoms with Gasteiger partial charge in [-0.2, -0.15) is 0 Å². The maximum atomic E-state index is 12.4. The smallest absolute Gasteiger partial charge is 0.248 e. The van der Waals surface area contributed by atoms with Crippen LogP contribution in [0.5, 0.6) is 11.5 Å². The number of hydrogen-bond donors (Lipinski definition) is 1. The van der Waals surface area contributed by atoms with Crippen LogP contribution in [0.2, 0.25) is 0 Å². The van der Waals surface area contributed by atoms with Gasteiger partial charge in [0.05, 0.1) is 31.3 Å². The van der Waals surface area contributed by atoms with E-state index in [0.717, 1.165) is 16.9 Å². The zero-order chi connectivity index (χ0) is 21.5. The number of hydrogen-bond acceptors (Lipinski definition) is 5. The number of carbonyl (C=O) groups excluding carboxylic acids is 1. The van der Waals surface area contributed by atoms with Crippen LogP contribution in [0.25, 0.3) is 11.8 Å². The average Bonchev–Trinajstić information content (AvgIpc) is 3.24. The van der Waals surface area contributed by atoms with Crippen molar-refractivity contribution in [2.45, 2.75) is 26.7 Å². The first kappa shape index (κ1) is 21.1. The zero-order valence-corrected chi connectivity index (χ0v) is 17.6. The second-order valence-electron chi connectivity index (χ2n) is 6.94. The van der Waals surface area contributed by atoms with E-state index in [9.17, 15) is 4.79 Å². The number of carbonyl (C=O) groups is 1. The zero-order valence-electron chi connectivity index (χ0n) is 17.6. The molecule has 0 aliphatic carbocycles. The van der Waals surface area contributed by atoms with Gasteiger partial charge in [0, 0.05) is 11.8 Å². The molecule has 1 N–H and O–H groups in total. The molecule has 0 fully saturated rings. The Hall–Kier alpha value is -3.61. The Morgan fingerprint density at radius 3 is 2.77 bits per heavy atom. The molecule has 1 aromatic heterocycles. The molecule has 156 valence electrons. The summed E-state index contributed by atoms with van der Waals surface area (Å²) >= 11 is 0. The number of anilines is 1. The molecule has 0 saturated heterocycles. The third kappa shape index (κ3) is 5.05. The van der Waals surface area contributed by atoms with Crippen molar-refractivity contribution in [2.24, 2.45) is 0 Å². The molecule has 0 saturated carbocycles. The molecule has 7 nitrogen and oxygen atoms in total. The van der Waals surface area contributed by atoms with Crippen molar-refractivity contribution in [3.05, 3.63) is 66.0 Å². The number of benzene rings is 2. The molecule has 0 aliphatic rings. The number of aromatic nitrogens is 3. The van der Waals surface area contributed by atoms with Gasteiger partial charge in [-0.1, -0.05) is 31.2 Å². The Kier molecular flexibility index (Phi) is 6.85. The Morgan fingerprint density at radius 2 is 2.03 bits per heavy atom. The number of rotatable bonds is 8. The number of nitrogens with one attached hydrogen (secondary N) is 1. The predicted molar refractivity (Wildman–Crippen MR) is 117 cm³/mol. The molecule has 0 unspecified atom stereocenters. The van der Waals surface area contributed by atoms with E-state index in [-0.39, 0.29) is 11.8 Å². The van der Waals surface area contributed by atoms with Gasteiger partial charge in [-0.05, 0) is 54.8 Å². The highest BCUT2D eigenvalue weighted by molar-refractivity contribution is 6.02. The molecule has 7 heteroatoms. The fourth-order valence-corrected chi connectivity index (χ4v) is 2.97. The summed E-state index contributed by atoms with van der Waals surface area (Å²) in [4.78, 5) is 12.4. The molecule has 1 heterocycles. The monoisotopic (exact) mass is 406 g/mol. The lowest BCUT2D eigenvalue weighted by Crippen LogP contribution is -2.09. The Balaban J connectivity index is 1.71. The highest BCUT2D eigenvalue weighted by Gasteiger charge is 2.10. The Bertz CT molecular complexity index is 1040. The van der Waals surface area contributed by atoms with Gasteiger partial charge in [0.1, 0.15) is 0 Å². The van der Waals surface area contributed by atoms with Gasteiger partial charge in [-0.15, -0.1) is 5.10 Å². The van der Waals surface area contributed by atoms with Crippen molar-refractivity contribution in [1.82, 2.24) is 15.0 Å². The lowest BCUT2D eigenvalue weighted by Gasteiger charge is -2.10. The van der Waals surface area contributed by atoms with Gasteiger partial charge in [0.25, 0.3) is 0 Å². The van der Waals surface area contributed by atoms with Crippen LogP contribution in [0.1, 0.15) is 37.9 Å². The molecule has 0 spiro atoms. The topological polar surface area (TPSA) is 78.3 Å². The van der Waals surface area contributed by atoms with Crippen molar-refractivity contribution in [2.75, 3.05) is 19.0 Å². The third-order valence-electron chi connectivity index (χ3n) is 4.44. The highest BCUT2D eigenvalue weighted by Crippen LogP contribution is 2.28. The van der Waals surface area contributed by atoms with Crippen molar-refractivity contribution < 1.29 is 14.3 Å². The van der Waals surface area contributed by atoms with Crippen LogP contribution in [-0.4, -0.2) is 34.6 Å². The fourth-order valence-electron chi connectivity index (χ4n) is 2.97. The summed E-state index contributed by atoms with van der Waals surface area (Å²) in [5, 5.41) is 11.0. The molecule has 3 aromatic rings. The van der Waals surface area contributed by atoms with Crippen LogP contribution in [-0.2, 0) is 4.79 Å². The fraction of sp³-hybridized carbons (Fsp3) is 0.261. The quantitative estimate of drug-likeness (QED) is 0.559. The molecule has 0 aliphatic heterocycles. The van der Waals surface area contributed by atoms with E-state index in [0.29, 0.717) is 23.8 Å². The summed E-state index contributed by atoms with van der Waals surface area (Å²) in [5.74, 6) is 1.35. The van der Waals surface area contributed by atoms with Gasteiger partial charge in [-0.25, -0.2) is 4.68 Å². The van der Waals surface area contributed by atoms with Gasteiger partial charge >= 0.3 is 0 Å². The Labute approximate surface area is 176 Å². The molecular formula is C23H26N4O3. The first-order chi connectivity index (χ1) is 14.5. The molecule has 30 heavy (non-hydrogen) atoms. The number of methoxy groups -OCH3 is 1. The predicted octanol–water partition coefficient (Wildman–Crippen LogP) is 4.45. The van der Waals surface area contributed by atoms with Crippen LogP contribution in [0.3, 0.4) is 0 Å². The van der Waals surface area contributed by atoms with E-state index in [1.807, 2.05) is 49.4 Å². The van der Waals surface area contributed by atoms with Crippen molar-refractivity contribution >= 4 is 17.7 Å². The standard InChI is InChI=1S/C23H26N4O3/c1-5-30-21-11-9-17(13-22(21)29-4)10-12-23(28)25-18-7-6-8-19(14-18)27-20(16(2)3)15-24-26-27/h6-16H,5H2,1-4H3,(H,25,28)/b12-10+. The van der Waals surface area contributed by atoms with Crippen molar-refractivity contribution in [1.29, 1.82) is 0 Å². The SMILES string of the molecule is CCOc1ccc(/C=C/C(=O)Nc2cccc(-n3nncc3C(C)C)c2)cc1OC. The van der Waals surface area contributed by atoms with Crippen molar-refractivity contribution in [3.63, 3.8) is 0 Å². The summed E-state index contributed by atoms with van der Waals surface area (Å²) in [6, 6.07) is 13.0. The maximum absolute atomic E-state index is 12.4. The van der Waals surface area contributed by atoms with Gasteiger partial charge in [0.15, 0.2) is 11.5 Å². The summed E-state index contributed by atoms with van der Waals surface area (Å²) in [6.07, 6.45) is 4.96. The van der Waals surface area contributed by atoms with Crippen molar-refractivity contribution in [3.8, 4) is 17.2 Å². The van der Waals surface area contributed by atoms with E-state index in [2.05, 4.69) is 29.5 Å². The minimum absolute atomic E-state index is 0.234. The average molecular weight is 406 g/mol. The molecule has 0 radical (unpaired) electrons. The number of amides is 1. The van der Waals surface area contributed by atoms with Gasteiger partial charge < -0.3 is 14.8 Å². The van der Waals surface area contributed by atoms with E-state index >= 15 is 0 Å². The van der Waals surface area contributed by atoms with Gasteiger partial charge in [0.2, 0.25) is 5.91 Å². The van der Waals surface area contributed by atoms with E-state index in [1.165, 1.54) is 6.08 Å². The largest absolute Gasteiger partial charge is 0.493 e. The minimum atomic E-state index is -0.234. The second kappa shape index (κ2) is 9.73. The molecule has 0 atom stereocenters. The summed E-state index contributed by atoms with van der Waals surface area (Å²) in [7, 11) is 1.59. The van der Waals surface area contributed by atoms with Crippen LogP contribution in [0.15, 0.2) is 54.7 Å².